The van der Waals surface area contributed by atoms with Crippen LogP contribution in [0.5, 0.6) is 0 Å². The third-order valence-corrected chi connectivity index (χ3v) is 3.59. The van der Waals surface area contributed by atoms with Crippen LogP contribution in [0.3, 0.4) is 0 Å². The summed E-state index contributed by atoms with van der Waals surface area (Å²) in [4.78, 5) is 39.9. The summed E-state index contributed by atoms with van der Waals surface area (Å²) in [7, 11) is 0. The molecule has 0 saturated carbocycles. The molecule has 1 aromatic carbocycles. The maximum absolute atomic E-state index is 12.4. The number of rotatable bonds is 0. The molecule has 9 nitrogen and oxygen atoms in total. The van der Waals surface area contributed by atoms with E-state index in [2.05, 4.69) is 15.4 Å². The zero-order valence-corrected chi connectivity index (χ0v) is 11.0. The van der Waals surface area contributed by atoms with Gasteiger partial charge >= 0.3 is 6.03 Å². The fourth-order valence-electron chi connectivity index (χ4n) is 2.60. The SMILES string of the molecule is O=C1NC(=O)C2=Nn3c(nc4ccccc4c3=O)C[C@]2(O)N1. The molecule has 0 spiro atoms. The number of aromatic nitrogens is 2. The summed E-state index contributed by atoms with van der Waals surface area (Å²) in [5, 5.41) is 18.9. The molecular formula is C13H9N5O4. The third-order valence-electron chi connectivity index (χ3n) is 3.59. The Hall–Kier alpha value is -3.07. The van der Waals surface area contributed by atoms with E-state index in [4.69, 9.17) is 0 Å². The molecule has 2 aliphatic rings. The van der Waals surface area contributed by atoms with Crippen LogP contribution >= 0.6 is 0 Å². The highest BCUT2D eigenvalue weighted by molar-refractivity contribution is 6.46. The van der Waals surface area contributed by atoms with E-state index < -0.39 is 23.2 Å². The molecule has 2 aromatic rings. The summed E-state index contributed by atoms with van der Waals surface area (Å²) in [5.74, 6) is -0.693. The van der Waals surface area contributed by atoms with Gasteiger partial charge in [-0.2, -0.15) is 9.78 Å². The van der Waals surface area contributed by atoms with Crippen LogP contribution in [-0.2, 0) is 11.2 Å². The Bertz CT molecular complexity index is 947. The van der Waals surface area contributed by atoms with Gasteiger partial charge in [-0.15, -0.1) is 0 Å². The lowest BCUT2D eigenvalue weighted by atomic mass is 9.99. The van der Waals surface area contributed by atoms with E-state index in [1.165, 1.54) is 0 Å². The lowest BCUT2D eigenvalue weighted by Crippen LogP contribution is -2.69. The molecule has 1 fully saturated rings. The fourth-order valence-corrected chi connectivity index (χ4v) is 2.60. The normalized spacial score (nSPS) is 23.2. The number of amides is 3. The third kappa shape index (κ3) is 1.59. The molecule has 110 valence electrons. The topological polar surface area (TPSA) is 126 Å². The van der Waals surface area contributed by atoms with Crippen molar-refractivity contribution < 1.29 is 14.7 Å². The average molecular weight is 299 g/mol. The van der Waals surface area contributed by atoms with Crippen molar-refractivity contribution in [1.29, 1.82) is 0 Å². The van der Waals surface area contributed by atoms with Crippen LogP contribution in [-0.4, -0.2) is 38.1 Å². The van der Waals surface area contributed by atoms with Crippen LogP contribution in [0.15, 0.2) is 34.2 Å². The maximum Gasteiger partial charge on any atom is 0.324 e. The number of urea groups is 1. The number of nitrogens with one attached hydrogen (secondary N) is 2. The van der Waals surface area contributed by atoms with Gasteiger partial charge < -0.3 is 10.4 Å². The number of hydrogen-bond acceptors (Lipinski definition) is 6. The van der Waals surface area contributed by atoms with E-state index in [0.717, 1.165) is 4.68 Å². The van der Waals surface area contributed by atoms with E-state index >= 15 is 0 Å². The number of aliphatic hydroxyl groups is 1. The molecule has 0 radical (unpaired) electrons. The van der Waals surface area contributed by atoms with Crippen molar-refractivity contribution in [2.45, 2.75) is 12.1 Å². The molecule has 0 bridgehead atoms. The van der Waals surface area contributed by atoms with Crippen LogP contribution in [0, 0.1) is 0 Å². The Kier molecular flexibility index (Phi) is 2.29. The first kappa shape index (κ1) is 12.7. The van der Waals surface area contributed by atoms with Gasteiger partial charge in [0.1, 0.15) is 5.82 Å². The van der Waals surface area contributed by atoms with Gasteiger partial charge in [0.25, 0.3) is 11.5 Å². The Morgan fingerprint density at radius 1 is 1.23 bits per heavy atom. The highest BCUT2D eigenvalue weighted by atomic mass is 16.3. The number of carbonyl (C=O) groups excluding carboxylic acids is 2. The van der Waals surface area contributed by atoms with Crippen LogP contribution in [0.25, 0.3) is 10.9 Å². The molecule has 0 aliphatic carbocycles. The first-order valence-corrected chi connectivity index (χ1v) is 6.44. The number of imide groups is 1. The summed E-state index contributed by atoms with van der Waals surface area (Å²) in [5.41, 5.74) is -2.31. The van der Waals surface area contributed by atoms with Gasteiger partial charge in [-0.05, 0) is 12.1 Å². The average Bonchev–Trinajstić information content (AvgIpc) is 2.45. The van der Waals surface area contributed by atoms with Gasteiger partial charge in [-0.1, -0.05) is 12.1 Å². The van der Waals surface area contributed by atoms with E-state index in [1.807, 2.05) is 5.32 Å². The molecule has 3 amide bonds. The first-order valence-electron chi connectivity index (χ1n) is 6.44. The number of para-hydroxylation sites is 1. The number of nitrogens with zero attached hydrogens (tertiary/aromatic N) is 3. The summed E-state index contributed by atoms with van der Waals surface area (Å²) in [6.07, 6.45) is -0.231. The predicted molar refractivity (Wildman–Crippen MR) is 74.2 cm³/mol. The largest absolute Gasteiger partial charge is 0.365 e. The molecule has 4 rings (SSSR count). The van der Waals surface area contributed by atoms with E-state index in [0.29, 0.717) is 10.9 Å². The Labute approximate surface area is 122 Å². The van der Waals surface area contributed by atoms with Crippen molar-refractivity contribution in [3.05, 3.63) is 40.4 Å². The minimum atomic E-state index is -1.97. The lowest BCUT2D eigenvalue weighted by molar-refractivity contribution is -0.116. The molecule has 1 atom stereocenters. The second-order valence-corrected chi connectivity index (χ2v) is 5.06. The monoisotopic (exact) mass is 299 g/mol. The van der Waals surface area contributed by atoms with Crippen molar-refractivity contribution >= 4 is 28.6 Å². The highest BCUT2D eigenvalue weighted by Gasteiger charge is 2.48. The highest BCUT2D eigenvalue weighted by Crippen LogP contribution is 2.20. The fraction of sp³-hybridized carbons (Fsp3) is 0.154. The number of carbonyl (C=O) groups is 2. The molecule has 2 aliphatic heterocycles. The van der Waals surface area contributed by atoms with Crippen LogP contribution in [0.2, 0.25) is 0 Å². The standard InChI is InChI=1S/C13H9N5O4/c19-10-9-13(22,16-12(21)15-10)5-8-14-7-4-2-1-3-6(7)11(20)18(8)17-9/h1-4,22H,5H2,(H2,15,16,19,21)/t13-/m1/s1. The molecule has 1 saturated heterocycles. The van der Waals surface area contributed by atoms with Gasteiger partial charge in [0.15, 0.2) is 11.4 Å². The quantitative estimate of drug-likeness (QED) is 0.556. The van der Waals surface area contributed by atoms with Crippen molar-refractivity contribution in [2.75, 3.05) is 0 Å². The van der Waals surface area contributed by atoms with Gasteiger partial charge in [-0.3, -0.25) is 14.9 Å². The zero-order chi connectivity index (χ0) is 15.5. The van der Waals surface area contributed by atoms with Crippen molar-refractivity contribution in [1.82, 2.24) is 20.3 Å². The molecule has 22 heavy (non-hydrogen) atoms. The minimum Gasteiger partial charge on any atom is -0.365 e. The molecule has 3 N–H and O–H groups in total. The number of hydrogen-bond donors (Lipinski definition) is 3. The first-order chi connectivity index (χ1) is 10.5. The van der Waals surface area contributed by atoms with Crippen LogP contribution in [0.1, 0.15) is 5.82 Å². The van der Waals surface area contributed by atoms with Crippen LogP contribution in [0.4, 0.5) is 4.79 Å². The molecular weight excluding hydrogens is 290 g/mol. The smallest absolute Gasteiger partial charge is 0.324 e. The van der Waals surface area contributed by atoms with Gasteiger partial charge in [0.05, 0.1) is 17.3 Å². The Balaban J connectivity index is 2.01. The maximum atomic E-state index is 12.4. The summed E-state index contributed by atoms with van der Waals surface area (Å²) >= 11 is 0. The molecule has 3 heterocycles. The van der Waals surface area contributed by atoms with Crippen molar-refractivity contribution in [2.24, 2.45) is 5.10 Å². The summed E-state index contributed by atoms with van der Waals surface area (Å²) < 4.78 is 0.975. The Morgan fingerprint density at radius 3 is 2.82 bits per heavy atom. The van der Waals surface area contributed by atoms with Crippen LogP contribution < -0.4 is 16.2 Å². The van der Waals surface area contributed by atoms with E-state index in [1.54, 1.807) is 24.3 Å². The number of fused-ring (bicyclic) bond motifs is 3. The van der Waals surface area contributed by atoms with E-state index in [-0.39, 0.29) is 18.0 Å². The molecule has 0 unspecified atom stereocenters. The van der Waals surface area contributed by atoms with Gasteiger partial charge in [0, 0.05) is 0 Å². The van der Waals surface area contributed by atoms with Crippen molar-refractivity contribution in [3.63, 3.8) is 0 Å². The minimum absolute atomic E-state index is 0.157. The zero-order valence-electron chi connectivity index (χ0n) is 11.0. The van der Waals surface area contributed by atoms with Gasteiger partial charge in [-0.25, -0.2) is 9.78 Å². The number of benzene rings is 1. The summed E-state index contributed by atoms with van der Waals surface area (Å²) in [6.45, 7) is 0. The summed E-state index contributed by atoms with van der Waals surface area (Å²) in [6, 6.07) is 5.85. The Morgan fingerprint density at radius 2 is 2.00 bits per heavy atom. The van der Waals surface area contributed by atoms with E-state index in [9.17, 15) is 19.5 Å². The van der Waals surface area contributed by atoms with Gasteiger partial charge in [0.2, 0.25) is 0 Å². The molecule has 1 aromatic heterocycles. The molecule has 9 heteroatoms. The predicted octanol–water partition coefficient (Wildman–Crippen LogP) is -1.32. The van der Waals surface area contributed by atoms with Crippen molar-refractivity contribution in [3.8, 4) is 0 Å². The lowest BCUT2D eigenvalue weighted by Gasteiger charge is -2.35. The second kappa shape index (κ2) is 3.98. The second-order valence-electron chi connectivity index (χ2n) is 5.06.